The summed E-state index contributed by atoms with van der Waals surface area (Å²) in [6, 6.07) is 69.7. The predicted octanol–water partition coefficient (Wildman–Crippen LogP) is 13.9. The van der Waals surface area contributed by atoms with Crippen LogP contribution >= 0.6 is 0 Å². The molecule has 0 N–H and O–H groups in total. The lowest BCUT2D eigenvalue weighted by Crippen LogP contribution is -2.32. The maximum absolute atomic E-state index is 6.90. The van der Waals surface area contributed by atoms with Gasteiger partial charge in [-0.25, -0.2) is 9.97 Å². The van der Waals surface area contributed by atoms with E-state index in [2.05, 4.69) is 202 Å². The van der Waals surface area contributed by atoms with Crippen molar-refractivity contribution in [3.05, 3.63) is 228 Å². The molecule has 3 nitrogen and oxygen atoms in total. The van der Waals surface area contributed by atoms with E-state index < -0.39 is 5.41 Å². The Labute approximate surface area is 344 Å². The van der Waals surface area contributed by atoms with E-state index in [4.69, 9.17) is 14.7 Å². The predicted molar refractivity (Wildman–Crippen MR) is 239 cm³/mol. The van der Waals surface area contributed by atoms with Gasteiger partial charge in [0.25, 0.3) is 0 Å². The summed E-state index contributed by atoms with van der Waals surface area (Å²) in [6.45, 7) is 4.65. The first-order chi connectivity index (χ1) is 29.0. The number of ether oxygens (including phenoxy) is 1. The first-order valence-electron chi connectivity index (χ1n) is 20.4. The Balaban J connectivity index is 1.03. The zero-order valence-corrected chi connectivity index (χ0v) is 32.8. The Morgan fingerprint density at radius 3 is 1.56 bits per heavy atom. The van der Waals surface area contributed by atoms with E-state index in [0.29, 0.717) is 5.82 Å². The van der Waals surface area contributed by atoms with Crippen molar-refractivity contribution < 1.29 is 4.74 Å². The van der Waals surface area contributed by atoms with Crippen molar-refractivity contribution in [3.8, 4) is 78.8 Å². The van der Waals surface area contributed by atoms with Crippen molar-refractivity contribution in [3.63, 3.8) is 0 Å². The highest BCUT2D eigenvalue weighted by Gasteiger charge is 2.51. The number of benzene rings is 8. The maximum atomic E-state index is 6.90. The lowest BCUT2D eigenvalue weighted by molar-refractivity contribution is 0.436. The van der Waals surface area contributed by atoms with Gasteiger partial charge >= 0.3 is 0 Å². The minimum absolute atomic E-state index is 0.122. The van der Waals surface area contributed by atoms with Crippen LogP contribution in [0.25, 0.3) is 67.3 Å². The molecule has 0 saturated carbocycles. The van der Waals surface area contributed by atoms with E-state index in [-0.39, 0.29) is 5.41 Å². The monoisotopic (exact) mass is 754 g/mol. The standard InChI is InChI=1S/C56H38N2O/c1-55(2)44-23-11-8-19-39(44)42-30-28-37(32-49(42)55)51-34-50(35-16-4-3-5-17-35)57-54(58-51)43-22-7-6-18-38(43)36-29-31-48-53(33-36)59-52-27-15-14-26-47(52)56(48)45-24-12-9-20-40(45)41-21-10-13-25-46(41)56/h3-34H,1-2H3. The average Bonchev–Trinajstić information content (AvgIpc) is 3.72. The van der Waals surface area contributed by atoms with Crippen molar-refractivity contribution in [2.45, 2.75) is 24.7 Å². The molecule has 9 aromatic rings. The van der Waals surface area contributed by atoms with E-state index in [9.17, 15) is 0 Å². The Bertz CT molecular complexity index is 3130. The second-order valence-corrected chi connectivity index (χ2v) is 16.5. The first kappa shape index (κ1) is 33.7. The van der Waals surface area contributed by atoms with E-state index in [1.54, 1.807) is 0 Å². The molecule has 3 heteroatoms. The minimum atomic E-state index is -0.511. The fraction of sp³-hybridized carbons (Fsp3) is 0.0714. The average molecular weight is 755 g/mol. The zero-order valence-electron chi connectivity index (χ0n) is 32.8. The van der Waals surface area contributed by atoms with Crippen molar-refractivity contribution in [1.82, 2.24) is 9.97 Å². The number of nitrogens with zero attached hydrogens (tertiary/aromatic N) is 2. The molecule has 3 aliphatic rings. The van der Waals surface area contributed by atoms with Crippen molar-refractivity contribution in [1.29, 1.82) is 0 Å². The molecule has 0 atom stereocenters. The van der Waals surface area contributed by atoms with Gasteiger partial charge in [0.05, 0.1) is 16.8 Å². The number of hydrogen-bond donors (Lipinski definition) is 0. The third-order valence-electron chi connectivity index (χ3n) is 13.0. The van der Waals surface area contributed by atoms with E-state index in [1.165, 1.54) is 44.5 Å². The van der Waals surface area contributed by atoms with Crippen molar-refractivity contribution in [2.24, 2.45) is 0 Å². The topological polar surface area (TPSA) is 35.0 Å². The number of rotatable bonds is 4. The minimum Gasteiger partial charge on any atom is -0.457 e. The van der Waals surface area contributed by atoms with Crippen molar-refractivity contribution in [2.75, 3.05) is 0 Å². The summed E-state index contributed by atoms with van der Waals surface area (Å²) >= 11 is 0. The van der Waals surface area contributed by atoms with Gasteiger partial charge in [0.1, 0.15) is 11.5 Å². The van der Waals surface area contributed by atoms with Crippen LogP contribution in [0.5, 0.6) is 11.5 Å². The fourth-order valence-corrected chi connectivity index (χ4v) is 10.3. The highest BCUT2D eigenvalue weighted by Crippen LogP contribution is 2.62. The van der Waals surface area contributed by atoms with Gasteiger partial charge < -0.3 is 4.74 Å². The van der Waals surface area contributed by atoms with Crippen LogP contribution in [0, 0.1) is 0 Å². The zero-order chi connectivity index (χ0) is 39.3. The van der Waals surface area contributed by atoms with Gasteiger partial charge in [-0.2, -0.15) is 0 Å². The normalized spacial score (nSPS) is 14.3. The molecule has 2 aliphatic carbocycles. The Morgan fingerprint density at radius 1 is 0.339 bits per heavy atom. The molecule has 12 rings (SSSR count). The molecule has 0 fully saturated rings. The summed E-state index contributed by atoms with van der Waals surface area (Å²) in [5, 5.41) is 0. The van der Waals surface area contributed by atoms with Crippen LogP contribution in [-0.2, 0) is 10.8 Å². The van der Waals surface area contributed by atoms with Gasteiger partial charge in [-0.3, -0.25) is 0 Å². The molecule has 0 bridgehead atoms. The van der Waals surface area contributed by atoms with E-state index in [0.717, 1.165) is 61.8 Å². The summed E-state index contributed by atoms with van der Waals surface area (Å²) in [5.41, 5.74) is 19.0. The van der Waals surface area contributed by atoms with Crippen LogP contribution in [0.15, 0.2) is 194 Å². The molecule has 2 heterocycles. The molecule has 278 valence electrons. The quantitative estimate of drug-likeness (QED) is 0.179. The summed E-state index contributed by atoms with van der Waals surface area (Å²) in [5.74, 6) is 2.41. The maximum Gasteiger partial charge on any atom is 0.161 e. The molecule has 59 heavy (non-hydrogen) atoms. The van der Waals surface area contributed by atoms with Crippen LogP contribution in [0.1, 0.15) is 47.2 Å². The van der Waals surface area contributed by atoms with E-state index >= 15 is 0 Å². The molecule has 0 unspecified atom stereocenters. The molecule has 1 spiro atoms. The van der Waals surface area contributed by atoms with Gasteiger partial charge in [-0.15, -0.1) is 0 Å². The molecule has 1 aliphatic heterocycles. The Morgan fingerprint density at radius 2 is 0.847 bits per heavy atom. The second-order valence-electron chi connectivity index (χ2n) is 16.5. The highest BCUT2D eigenvalue weighted by atomic mass is 16.5. The van der Waals surface area contributed by atoms with Crippen LogP contribution < -0.4 is 4.74 Å². The van der Waals surface area contributed by atoms with Gasteiger partial charge in [0.2, 0.25) is 0 Å². The third kappa shape index (κ3) is 4.82. The molecular weight excluding hydrogens is 717 g/mol. The summed E-state index contributed by atoms with van der Waals surface area (Å²) in [6.07, 6.45) is 0. The first-order valence-corrected chi connectivity index (χ1v) is 20.4. The Kier molecular flexibility index (Phi) is 7.19. The lowest BCUT2D eigenvalue weighted by atomic mass is 9.66. The van der Waals surface area contributed by atoms with Crippen molar-refractivity contribution >= 4 is 0 Å². The number of aromatic nitrogens is 2. The molecular formula is C56H38N2O. The molecule has 8 aromatic carbocycles. The summed E-state index contributed by atoms with van der Waals surface area (Å²) in [7, 11) is 0. The van der Waals surface area contributed by atoms with Crippen LogP contribution in [-0.4, -0.2) is 9.97 Å². The Hall–Kier alpha value is -7.36. The molecule has 0 radical (unpaired) electrons. The lowest BCUT2D eigenvalue weighted by Gasteiger charge is -2.39. The number of hydrogen-bond acceptors (Lipinski definition) is 3. The molecule has 1 aromatic heterocycles. The van der Waals surface area contributed by atoms with Gasteiger partial charge in [-0.05, 0) is 79.9 Å². The fourth-order valence-electron chi connectivity index (χ4n) is 10.3. The van der Waals surface area contributed by atoms with Crippen LogP contribution in [0.2, 0.25) is 0 Å². The van der Waals surface area contributed by atoms with Crippen LogP contribution in [0.4, 0.5) is 0 Å². The van der Waals surface area contributed by atoms with Gasteiger partial charge in [0.15, 0.2) is 5.82 Å². The van der Waals surface area contributed by atoms with Gasteiger partial charge in [0, 0.05) is 33.2 Å². The molecule has 0 amide bonds. The van der Waals surface area contributed by atoms with Gasteiger partial charge in [-0.1, -0.05) is 184 Å². The largest absolute Gasteiger partial charge is 0.457 e. The summed E-state index contributed by atoms with van der Waals surface area (Å²) < 4.78 is 6.90. The second kappa shape index (κ2) is 12.6. The highest BCUT2D eigenvalue weighted by molar-refractivity contribution is 5.90. The molecule has 0 saturated heterocycles. The van der Waals surface area contributed by atoms with Crippen LogP contribution in [0.3, 0.4) is 0 Å². The SMILES string of the molecule is CC1(C)c2ccccc2-c2ccc(-c3cc(-c4ccccc4)nc(-c4ccccc4-c4ccc5c(c4)Oc4ccccc4C54c5ccccc5-c5ccccc54)n3)cc21. The summed E-state index contributed by atoms with van der Waals surface area (Å²) in [4.78, 5) is 10.7. The smallest absolute Gasteiger partial charge is 0.161 e. The van der Waals surface area contributed by atoms with E-state index in [1.807, 2.05) is 6.07 Å². The number of para-hydroxylation sites is 1. The third-order valence-corrected chi connectivity index (χ3v) is 13.0. The number of fused-ring (bicyclic) bond motifs is 12.